The van der Waals surface area contributed by atoms with Crippen LogP contribution in [-0.4, -0.2) is 63.8 Å². The van der Waals surface area contributed by atoms with Crippen LogP contribution in [0, 0.1) is 11.8 Å². The van der Waals surface area contributed by atoms with E-state index in [0.717, 1.165) is 12.8 Å². The van der Waals surface area contributed by atoms with Crippen molar-refractivity contribution in [3.63, 3.8) is 0 Å². The second kappa shape index (κ2) is 5.99. The van der Waals surface area contributed by atoms with E-state index in [0.29, 0.717) is 24.9 Å². The van der Waals surface area contributed by atoms with E-state index in [1.807, 2.05) is 0 Å². The third kappa shape index (κ3) is 3.06. The Hall–Kier alpha value is -1.30. The van der Waals surface area contributed by atoms with Crippen LogP contribution in [-0.2, 0) is 4.79 Å². The fourth-order valence-electron chi connectivity index (χ4n) is 3.20. The highest BCUT2D eigenvalue weighted by Gasteiger charge is 2.41. The van der Waals surface area contributed by atoms with Crippen LogP contribution >= 0.6 is 0 Å². The molecule has 2 amide bonds. The lowest BCUT2D eigenvalue weighted by Gasteiger charge is -2.36. The molecule has 2 N–H and O–H groups in total. The molecule has 6 nitrogen and oxygen atoms in total. The number of β-amino-alcohol motifs (C(OH)–C–C–N with tert-alkyl or cyclic N) is 1. The summed E-state index contributed by atoms with van der Waals surface area (Å²) in [7, 11) is 0. The van der Waals surface area contributed by atoms with Gasteiger partial charge in [0, 0.05) is 26.1 Å². The van der Waals surface area contributed by atoms with Crippen LogP contribution in [0.2, 0.25) is 0 Å². The van der Waals surface area contributed by atoms with Crippen molar-refractivity contribution < 1.29 is 19.8 Å². The van der Waals surface area contributed by atoms with E-state index >= 15 is 0 Å². The lowest BCUT2D eigenvalue weighted by Crippen LogP contribution is -2.50. The molecule has 20 heavy (non-hydrogen) atoms. The summed E-state index contributed by atoms with van der Waals surface area (Å²) in [6.07, 6.45) is 1.34. The minimum atomic E-state index is -1.04. The smallest absolute Gasteiger partial charge is 0.326 e. The molecule has 2 heterocycles. The van der Waals surface area contributed by atoms with Gasteiger partial charge in [0.1, 0.15) is 6.04 Å². The van der Waals surface area contributed by atoms with E-state index in [2.05, 4.69) is 13.8 Å². The molecule has 0 aromatic heterocycles. The lowest BCUT2D eigenvalue weighted by atomic mass is 9.87. The maximum absolute atomic E-state index is 12.4. The van der Waals surface area contributed by atoms with Crippen molar-refractivity contribution in [1.82, 2.24) is 9.80 Å². The van der Waals surface area contributed by atoms with Gasteiger partial charge in [-0.3, -0.25) is 0 Å². The number of urea groups is 1. The second-order valence-electron chi connectivity index (χ2n) is 6.25. The van der Waals surface area contributed by atoms with E-state index in [1.54, 1.807) is 4.90 Å². The third-order valence-electron chi connectivity index (χ3n) is 4.56. The summed E-state index contributed by atoms with van der Waals surface area (Å²) < 4.78 is 0. The number of aliphatic carboxylic acids is 1. The standard InChI is InChI=1S/C14H24N2O4/c1-9(2)10-3-5-15(6-4-10)14(20)16-8-11(17)7-12(16)13(18)19/h9-12,17H,3-8H2,1-2H3,(H,18,19)/t11-,12+/m1/s1. The van der Waals surface area contributed by atoms with Crippen molar-refractivity contribution in [2.24, 2.45) is 11.8 Å². The number of aliphatic hydroxyl groups excluding tert-OH is 1. The van der Waals surface area contributed by atoms with Gasteiger partial charge in [0.2, 0.25) is 0 Å². The maximum Gasteiger partial charge on any atom is 0.326 e. The van der Waals surface area contributed by atoms with Crippen molar-refractivity contribution in [2.75, 3.05) is 19.6 Å². The van der Waals surface area contributed by atoms with Crippen molar-refractivity contribution >= 4 is 12.0 Å². The van der Waals surface area contributed by atoms with Crippen LogP contribution in [0.25, 0.3) is 0 Å². The topological polar surface area (TPSA) is 81.1 Å². The van der Waals surface area contributed by atoms with Crippen molar-refractivity contribution in [1.29, 1.82) is 0 Å². The summed E-state index contributed by atoms with van der Waals surface area (Å²) in [5, 5.41) is 18.7. The van der Waals surface area contributed by atoms with Gasteiger partial charge >= 0.3 is 12.0 Å². The number of rotatable bonds is 2. The SMILES string of the molecule is CC(C)C1CCN(C(=O)N2C[C@H](O)C[C@H]2C(=O)O)CC1. The predicted octanol–water partition coefficient (Wildman–Crippen LogP) is 0.994. The number of carboxylic acids is 1. The molecule has 0 bridgehead atoms. The van der Waals surface area contributed by atoms with Crippen LogP contribution in [0.15, 0.2) is 0 Å². The highest BCUT2D eigenvalue weighted by Crippen LogP contribution is 2.27. The van der Waals surface area contributed by atoms with Crippen LogP contribution in [0.3, 0.4) is 0 Å². The zero-order chi connectivity index (χ0) is 14.9. The summed E-state index contributed by atoms with van der Waals surface area (Å²) in [4.78, 5) is 26.6. The number of aliphatic hydroxyl groups is 1. The first-order chi connectivity index (χ1) is 9.40. The Balaban J connectivity index is 1.96. The number of carbonyl (C=O) groups excluding carboxylic acids is 1. The van der Waals surface area contributed by atoms with E-state index < -0.39 is 18.1 Å². The fourth-order valence-corrected chi connectivity index (χ4v) is 3.20. The van der Waals surface area contributed by atoms with Gasteiger partial charge in [-0.15, -0.1) is 0 Å². The third-order valence-corrected chi connectivity index (χ3v) is 4.56. The molecule has 0 saturated carbocycles. The molecule has 0 aliphatic carbocycles. The largest absolute Gasteiger partial charge is 0.480 e. The van der Waals surface area contributed by atoms with Gasteiger partial charge in [0.15, 0.2) is 0 Å². The van der Waals surface area contributed by atoms with Crippen LogP contribution in [0.5, 0.6) is 0 Å². The number of carbonyl (C=O) groups is 2. The molecule has 0 aromatic rings. The summed E-state index contributed by atoms with van der Waals surface area (Å²) in [6, 6.07) is -1.13. The Morgan fingerprint density at radius 2 is 1.80 bits per heavy atom. The molecule has 0 radical (unpaired) electrons. The molecule has 2 saturated heterocycles. The molecule has 2 aliphatic rings. The van der Waals surface area contributed by atoms with Gasteiger partial charge in [0.25, 0.3) is 0 Å². The Bertz CT molecular complexity index is 377. The molecule has 2 rings (SSSR count). The molecule has 2 fully saturated rings. The Morgan fingerprint density at radius 3 is 2.30 bits per heavy atom. The van der Waals surface area contributed by atoms with Crippen molar-refractivity contribution in [2.45, 2.75) is 45.3 Å². The molecule has 2 atom stereocenters. The monoisotopic (exact) mass is 284 g/mol. The van der Waals surface area contributed by atoms with E-state index in [9.17, 15) is 14.7 Å². The van der Waals surface area contributed by atoms with Gasteiger partial charge < -0.3 is 20.0 Å². The summed E-state index contributed by atoms with van der Waals surface area (Å²) in [5.74, 6) is 0.220. The quantitative estimate of drug-likeness (QED) is 0.792. The number of carboxylic acid groups (broad SMARTS) is 1. The Kier molecular flexibility index (Phi) is 4.52. The van der Waals surface area contributed by atoms with Gasteiger partial charge in [0.05, 0.1) is 6.10 Å². The van der Waals surface area contributed by atoms with E-state index in [1.165, 1.54) is 4.90 Å². The van der Waals surface area contributed by atoms with Gasteiger partial charge in [-0.1, -0.05) is 13.8 Å². The minimum absolute atomic E-state index is 0.125. The van der Waals surface area contributed by atoms with E-state index in [4.69, 9.17) is 5.11 Å². The molecule has 0 unspecified atom stereocenters. The molecular weight excluding hydrogens is 260 g/mol. The van der Waals surface area contributed by atoms with Gasteiger partial charge in [-0.25, -0.2) is 9.59 Å². The average molecular weight is 284 g/mol. The number of hydrogen-bond donors (Lipinski definition) is 2. The van der Waals surface area contributed by atoms with E-state index in [-0.39, 0.29) is 19.0 Å². The molecule has 114 valence electrons. The van der Waals surface area contributed by atoms with Gasteiger partial charge in [-0.2, -0.15) is 0 Å². The molecule has 0 aromatic carbocycles. The minimum Gasteiger partial charge on any atom is -0.480 e. The molecule has 6 heteroatoms. The van der Waals surface area contributed by atoms with Crippen LogP contribution in [0.4, 0.5) is 4.79 Å². The average Bonchev–Trinajstić information content (AvgIpc) is 2.80. The number of hydrogen-bond acceptors (Lipinski definition) is 3. The first-order valence-electron chi connectivity index (χ1n) is 7.36. The Morgan fingerprint density at radius 1 is 1.20 bits per heavy atom. The number of nitrogens with zero attached hydrogens (tertiary/aromatic N) is 2. The van der Waals surface area contributed by atoms with Crippen LogP contribution < -0.4 is 0 Å². The number of piperidine rings is 1. The molecular formula is C14H24N2O4. The van der Waals surface area contributed by atoms with Crippen molar-refractivity contribution in [3.8, 4) is 0 Å². The number of likely N-dealkylation sites (tertiary alicyclic amines) is 2. The zero-order valence-electron chi connectivity index (χ0n) is 12.2. The molecule has 0 spiro atoms. The van der Waals surface area contributed by atoms with Crippen molar-refractivity contribution in [3.05, 3.63) is 0 Å². The summed E-state index contributed by atoms with van der Waals surface area (Å²) >= 11 is 0. The zero-order valence-corrected chi connectivity index (χ0v) is 12.2. The summed E-state index contributed by atoms with van der Waals surface area (Å²) in [6.45, 7) is 5.88. The fraction of sp³-hybridized carbons (Fsp3) is 0.857. The second-order valence-corrected chi connectivity index (χ2v) is 6.25. The lowest BCUT2D eigenvalue weighted by molar-refractivity contribution is -0.141. The predicted molar refractivity (Wildman–Crippen MR) is 73.3 cm³/mol. The maximum atomic E-state index is 12.4. The summed E-state index contributed by atoms with van der Waals surface area (Å²) in [5.41, 5.74) is 0. The molecule has 2 aliphatic heterocycles. The first-order valence-corrected chi connectivity index (χ1v) is 7.36. The highest BCUT2D eigenvalue weighted by molar-refractivity contribution is 5.83. The van der Waals surface area contributed by atoms with Gasteiger partial charge in [-0.05, 0) is 24.7 Å². The Labute approximate surface area is 119 Å². The first kappa shape index (κ1) is 15.1. The number of amides is 2. The highest BCUT2D eigenvalue weighted by atomic mass is 16.4. The van der Waals surface area contributed by atoms with Crippen LogP contribution in [0.1, 0.15) is 33.1 Å². The normalized spacial score (nSPS) is 28.2.